The summed E-state index contributed by atoms with van der Waals surface area (Å²) in [6.07, 6.45) is 5.44. The van der Waals surface area contributed by atoms with Gasteiger partial charge in [0.15, 0.2) is 6.61 Å². The fourth-order valence-electron chi connectivity index (χ4n) is 3.67. The number of benzene rings is 1. The quantitative estimate of drug-likeness (QED) is 0.505. The molecule has 0 aromatic heterocycles. The molecule has 0 heterocycles. The summed E-state index contributed by atoms with van der Waals surface area (Å²) in [7, 11) is 0. The zero-order chi connectivity index (χ0) is 23.0. The molecule has 1 saturated carbocycles. The van der Waals surface area contributed by atoms with Crippen LogP contribution >= 0.6 is 35.0 Å². The van der Waals surface area contributed by atoms with E-state index in [0.29, 0.717) is 29.0 Å². The maximum atomic E-state index is 12.6. The second kappa shape index (κ2) is 12.6. The monoisotopic (exact) mass is 488 g/mol. The molecule has 1 aromatic rings. The van der Waals surface area contributed by atoms with Crippen molar-refractivity contribution in [3.05, 3.63) is 33.8 Å². The highest BCUT2D eigenvalue weighted by molar-refractivity contribution is 7.98. The predicted octanol–water partition coefficient (Wildman–Crippen LogP) is 4.33. The standard InChI is InChI=1S/C22H30Cl2N2O4S/c1-13-5-4-6-18(14(13)2)25-20(27)12-30-22(29)19(9-10-31-3)26-21(28)16-8-7-15(23)11-17(16)24/h7-8,11,13-14,18-19H,4-6,9-10,12H2,1-3H3,(H,25,27)(H,26,28)/t13-,14-,18-,19+/m1/s1. The van der Waals surface area contributed by atoms with Gasteiger partial charge in [0, 0.05) is 11.1 Å². The highest BCUT2D eigenvalue weighted by atomic mass is 35.5. The van der Waals surface area contributed by atoms with Gasteiger partial charge in [-0.1, -0.05) is 49.9 Å². The number of nitrogens with one attached hydrogen (secondary N) is 2. The van der Waals surface area contributed by atoms with Gasteiger partial charge in [-0.15, -0.1) is 0 Å². The first-order chi connectivity index (χ1) is 14.7. The minimum absolute atomic E-state index is 0.0917. The Hall–Kier alpha value is -1.44. The van der Waals surface area contributed by atoms with Crippen LogP contribution in [0.5, 0.6) is 0 Å². The number of halogens is 2. The van der Waals surface area contributed by atoms with E-state index in [0.717, 1.165) is 19.3 Å². The second-order valence-corrected chi connectivity index (χ2v) is 9.81. The van der Waals surface area contributed by atoms with Gasteiger partial charge < -0.3 is 15.4 Å². The molecule has 0 bridgehead atoms. The highest BCUT2D eigenvalue weighted by Crippen LogP contribution is 2.29. The minimum Gasteiger partial charge on any atom is -0.454 e. The molecule has 6 nitrogen and oxygen atoms in total. The molecule has 9 heteroatoms. The average molecular weight is 489 g/mol. The Bertz CT molecular complexity index is 793. The Balaban J connectivity index is 1.92. The van der Waals surface area contributed by atoms with Crippen LogP contribution in [-0.2, 0) is 14.3 Å². The third-order valence-electron chi connectivity index (χ3n) is 5.77. The summed E-state index contributed by atoms with van der Waals surface area (Å²) in [5, 5.41) is 6.24. The van der Waals surface area contributed by atoms with Gasteiger partial charge in [0.1, 0.15) is 6.04 Å². The number of hydrogen-bond donors (Lipinski definition) is 2. The van der Waals surface area contributed by atoms with Crippen molar-refractivity contribution in [1.29, 1.82) is 0 Å². The molecule has 172 valence electrons. The Labute approximate surface area is 198 Å². The van der Waals surface area contributed by atoms with Crippen molar-refractivity contribution in [2.24, 2.45) is 11.8 Å². The molecule has 4 atom stereocenters. The number of thioether (sulfide) groups is 1. The van der Waals surface area contributed by atoms with Crippen molar-refractivity contribution in [2.45, 2.75) is 51.6 Å². The number of hydrogen-bond acceptors (Lipinski definition) is 5. The van der Waals surface area contributed by atoms with Crippen LogP contribution in [0.4, 0.5) is 0 Å². The van der Waals surface area contributed by atoms with E-state index in [9.17, 15) is 14.4 Å². The van der Waals surface area contributed by atoms with Crippen molar-refractivity contribution in [3.63, 3.8) is 0 Å². The summed E-state index contributed by atoms with van der Waals surface area (Å²) in [5.41, 5.74) is 0.214. The third-order valence-corrected chi connectivity index (χ3v) is 6.97. The number of esters is 1. The van der Waals surface area contributed by atoms with Crippen molar-refractivity contribution < 1.29 is 19.1 Å². The molecule has 2 amide bonds. The molecule has 2 rings (SSSR count). The van der Waals surface area contributed by atoms with Crippen LogP contribution in [0.15, 0.2) is 18.2 Å². The zero-order valence-electron chi connectivity index (χ0n) is 18.1. The van der Waals surface area contributed by atoms with E-state index in [1.165, 1.54) is 12.1 Å². The molecule has 31 heavy (non-hydrogen) atoms. The summed E-state index contributed by atoms with van der Waals surface area (Å²) in [4.78, 5) is 37.5. The lowest BCUT2D eigenvalue weighted by atomic mass is 9.78. The maximum absolute atomic E-state index is 12.6. The van der Waals surface area contributed by atoms with Gasteiger partial charge in [0.05, 0.1) is 10.6 Å². The predicted molar refractivity (Wildman–Crippen MR) is 126 cm³/mol. The van der Waals surface area contributed by atoms with Gasteiger partial charge in [0.25, 0.3) is 11.8 Å². The first-order valence-electron chi connectivity index (χ1n) is 10.4. The molecular formula is C22H30Cl2N2O4S. The van der Waals surface area contributed by atoms with Crippen LogP contribution in [0.3, 0.4) is 0 Å². The largest absolute Gasteiger partial charge is 0.454 e. The van der Waals surface area contributed by atoms with E-state index < -0.39 is 17.9 Å². The molecular weight excluding hydrogens is 459 g/mol. The Morgan fingerprint density at radius 2 is 1.97 bits per heavy atom. The van der Waals surface area contributed by atoms with Crippen LogP contribution in [0.1, 0.15) is 49.9 Å². The van der Waals surface area contributed by atoms with Crippen molar-refractivity contribution in [3.8, 4) is 0 Å². The molecule has 0 saturated heterocycles. The highest BCUT2D eigenvalue weighted by Gasteiger charge is 2.29. The van der Waals surface area contributed by atoms with Crippen LogP contribution in [0, 0.1) is 11.8 Å². The summed E-state index contributed by atoms with van der Waals surface area (Å²) in [6.45, 7) is 3.95. The fraction of sp³-hybridized carbons (Fsp3) is 0.591. The summed E-state index contributed by atoms with van der Waals surface area (Å²) < 4.78 is 5.22. The number of carbonyl (C=O) groups is 3. The number of ether oxygens (including phenoxy) is 1. The van der Waals surface area contributed by atoms with Crippen molar-refractivity contribution >= 4 is 52.7 Å². The number of rotatable bonds is 9. The SMILES string of the molecule is CSCC[C@H](NC(=O)c1ccc(Cl)cc1Cl)C(=O)OCC(=O)N[C@@H]1CCC[C@@H](C)[C@H]1C. The summed E-state index contributed by atoms with van der Waals surface area (Å²) in [6, 6.07) is 3.72. The normalized spacial score (nSPS) is 21.8. The van der Waals surface area contributed by atoms with Gasteiger partial charge in [-0.2, -0.15) is 11.8 Å². The van der Waals surface area contributed by atoms with Crippen LogP contribution in [0.25, 0.3) is 0 Å². The average Bonchev–Trinajstić information content (AvgIpc) is 2.72. The van der Waals surface area contributed by atoms with Gasteiger partial charge in [-0.25, -0.2) is 4.79 Å². The minimum atomic E-state index is -0.881. The zero-order valence-corrected chi connectivity index (χ0v) is 20.4. The molecule has 0 aliphatic heterocycles. The topological polar surface area (TPSA) is 84.5 Å². The fourth-order valence-corrected chi connectivity index (χ4v) is 4.63. The smallest absolute Gasteiger partial charge is 0.329 e. The molecule has 0 spiro atoms. The van der Waals surface area contributed by atoms with Crippen LogP contribution < -0.4 is 10.6 Å². The maximum Gasteiger partial charge on any atom is 0.329 e. The molecule has 1 aliphatic carbocycles. The lowest BCUT2D eigenvalue weighted by Gasteiger charge is -2.34. The lowest BCUT2D eigenvalue weighted by molar-refractivity contribution is -0.150. The molecule has 1 fully saturated rings. The lowest BCUT2D eigenvalue weighted by Crippen LogP contribution is -2.46. The van der Waals surface area contributed by atoms with Crippen LogP contribution in [0.2, 0.25) is 10.0 Å². The second-order valence-electron chi connectivity index (χ2n) is 7.98. The molecule has 0 unspecified atom stereocenters. The molecule has 1 aromatic carbocycles. The summed E-state index contributed by atoms with van der Waals surface area (Å²) >= 11 is 13.5. The van der Waals surface area contributed by atoms with Gasteiger partial charge in [-0.3, -0.25) is 9.59 Å². The van der Waals surface area contributed by atoms with Gasteiger partial charge >= 0.3 is 5.97 Å². The van der Waals surface area contributed by atoms with Gasteiger partial charge in [-0.05, 0) is 54.9 Å². The van der Waals surface area contributed by atoms with E-state index in [2.05, 4.69) is 24.5 Å². The van der Waals surface area contributed by atoms with Crippen LogP contribution in [-0.4, -0.2) is 48.5 Å². The summed E-state index contributed by atoms with van der Waals surface area (Å²) in [5.74, 6) is 0.0957. The van der Waals surface area contributed by atoms with E-state index in [4.69, 9.17) is 27.9 Å². The third kappa shape index (κ3) is 7.88. The van der Waals surface area contributed by atoms with Crippen molar-refractivity contribution in [2.75, 3.05) is 18.6 Å². The van der Waals surface area contributed by atoms with E-state index in [1.54, 1.807) is 17.8 Å². The first-order valence-corrected chi connectivity index (χ1v) is 12.6. The number of amides is 2. The Kier molecular flexibility index (Phi) is 10.5. The van der Waals surface area contributed by atoms with E-state index >= 15 is 0 Å². The molecule has 2 N–H and O–H groups in total. The molecule has 1 aliphatic rings. The van der Waals surface area contributed by atoms with Crippen molar-refractivity contribution in [1.82, 2.24) is 10.6 Å². The van der Waals surface area contributed by atoms with Gasteiger partial charge in [0.2, 0.25) is 0 Å². The molecule has 0 radical (unpaired) electrons. The van der Waals surface area contributed by atoms with E-state index in [1.807, 2.05) is 6.26 Å². The van der Waals surface area contributed by atoms with E-state index in [-0.39, 0.29) is 29.1 Å². The number of carbonyl (C=O) groups excluding carboxylic acids is 3. The first kappa shape index (κ1) is 25.8. The Morgan fingerprint density at radius 3 is 2.65 bits per heavy atom. The Morgan fingerprint density at radius 1 is 1.23 bits per heavy atom.